The fraction of sp³-hybridized carbons (Fsp3) is 0.114. The highest BCUT2D eigenvalue weighted by molar-refractivity contribution is 6.68. The van der Waals surface area contributed by atoms with Crippen LogP contribution in [0.3, 0.4) is 0 Å². The molecule has 0 aliphatic heterocycles. The molecule has 0 atom stereocenters. The molecule has 10 heteroatoms. The Labute approximate surface area is 322 Å². The molecule has 0 saturated heterocycles. The highest BCUT2D eigenvalue weighted by Crippen LogP contribution is 2.51. The van der Waals surface area contributed by atoms with Crippen molar-refractivity contribution < 1.29 is 10.2 Å². The van der Waals surface area contributed by atoms with E-state index in [4.69, 9.17) is 4.98 Å². The summed E-state index contributed by atoms with van der Waals surface area (Å²) in [6.45, 7) is 6.80. The summed E-state index contributed by atoms with van der Waals surface area (Å²) in [6, 6.07) is 32.7. The molecular weight excluding hydrogens is 653 g/mol. The largest absolute Gasteiger partial charge is 0.505 e. The molecule has 0 amide bonds. The van der Waals surface area contributed by atoms with Crippen LogP contribution in [-0.2, 0) is 11.8 Å². The van der Waals surface area contributed by atoms with E-state index in [-0.39, 0.29) is 16.9 Å². The number of rotatable bonds is 4. The van der Waals surface area contributed by atoms with Crippen LogP contribution in [0.1, 0.15) is 37.7 Å². The molecule has 0 spiro atoms. The van der Waals surface area contributed by atoms with Gasteiger partial charge in [0.2, 0.25) is 0 Å². The Morgan fingerprint density at radius 3 is 1.80 bits per heavy atom. The average Bonchev–Trinajstić information content (AvgIpc) is 3.68. The van der Waals surface area contributed by atoms with Crippen molar-refractivity contribution in [2.24, 2.45) is 0 Å². The molecule has 1 aliphatic carbocycles. The van der Waals surface area contributed by atoms with Crippen molar-refractivity contribution >= 4 is 112 Å². The van der Waals surface area contributed by atoms with Gasteiger partial charge < -0.3 is 10.2 Å². The second-order valence-corrected chi connectivity index (χ2v) is 15.9. The highest BCUT2D eigenvalue weighted by atomic mass is 16.3. The zero-order valence-corrected chi connectivity index (χ0v) is 32.7. The summed E-state index contributed by atoms with van der Waals surface area (Å²) in [5.41, 5.74) is 18.7. The number of para-hydroxylation sites is 3. The van der Waals surface area contributed by atoms with Gasteiger partial charge in [0.05, 0.1) is 16.7 Å². The number of imidazole rings is 1. The maximum Gasteiger partial charge on any atom is 0.150 e. The minimum Gasteiger partial charge on any atom is -0.505 e. The summed E-state index contributed by atoms with van der Waals surface area (Å²) in [6.07, 6.45) is 0.769. The third-order valence-corrected chi connectivity index (χ3v) is 12.9. The number of nitrogens with zero attached hydrogens (tertiary/aromatic N) is 2. The summed E-state index contributed by atoms with van der Waals surface area (Å²) in [4.78, 5) is 5.08. The van der Waals surface area contributed by atoms with Crippen molar-refractivity contribution in [2.45, 2.75) is 32.6 Å². The van der Waals surface area contributed by atoms with Gasteiger partial charge in [0, 0.05) is 17.4 Å². The van der Waals surface area contributed by atoms with Crippen LogP contribution in [0.5, 0.6) is 11.5 Å². The second-order valence-electron chi connectivity index (χ2n) is 15.9. The molecule has 1 aliphatic rings. The van der Waals surface area contributed by atoms with E-state index in [1.54, 1.807) is 0 Å². The molecule has 8 aromatic rings. The lowest BCUT2D eigenvalue weighted by molar-refractivity contribution is 0.410. The smallest absolute Gasteiger partial charge is 0.150 e. The monoisotopic (exact) mass is 694 g/mol. The van der Waals surface area contributed by atoms with Crippen LogP contribution in [0, 0.1) is 0 Å². The van der Waals surface area contributed by atoms with E-state index < -0.39 is 0 Å². The Kier molecular flexibility index (Phi) is 7.63. The Hall–Kier alpha value is -5.48. The number of phenolic OH excluding ortho intramolecular Hbond substituents is 2. The van der Waals surface area contributed by atoms with Crippen LogP contribution in [0.15, 0.2) is 91.0 Å². The zero-order valence-electron chi connectivity index (χ0n) is 32.7. The molecule has 2 N–H and O–H groups in total. The first-order chi connectivity index (χ1) is 25.9. The minimum absolute atomic E-state index is 0.0687. The van der Waals surface area contributed by atoms with Gasteiger partial charge in [0.15, 0.2) is 11.5 Å². The van der Waals surface area contributed by atoms with Crippen LogP contribution in [-0.4, -0.2) is 66.8 Å². The number of aromatic hydroxyl groups is 2. The first kappa shape index (κ1) is 34.3. The van der Waals surface area contributed by atoms with Crippen LogP contribution in [0.25, 0.3) is 71.6 Å². The van der Waals surface area contributed by atoms with Gasteiger partial charge in [-0.15, -0.1) is 10.9 Å². The third-order valence-electron chi connectivity index (χ3n) is 12.9. The Bertz CT molecular complexity index is 2870. The molecular formula is C44H40B6N2O2. The Morgan fingerprint density at radius 2 is 1.11 bits per heavy atom. The van der Waals surface area contributed by atoms with E-state index in [0.29, 0.717) is 10.9 Å². The van der Waals surface area contributed by atoms with Crippen molar-refractivity contribution in [2.75, 3.05) is 0 Å². The number of phenols is 2. The van der Waals surface area contributed by atoms with Crippen molar-refractivity contribution in [1.82, 2.24) is 9.55 Å². The van der Waals surface area contributed by atoms with Gasteiger partial charge in [-0.3, -0.25) is 4.57 Å². The first-order valence-electron chi connectivity index (χ1n) is 19.1. The summed E-state index contributed by atoms with van der Waals surface area (Å²) >= 11 is 0. The molecule has 0 unspecified atom stereocenters. The molecule has 7 aromatic carbocycles. The maximum absolute atomic E-state index is 11.7. The topological polar surface area (TPSA) is 58.3 Å². The maximum atomic E-state index is 11.7. The number of aromatic nitrogens is 2. The fourth-order valence-corrected chi connectivity index (χ4v) is 9.66. The molecule has 0 saturated carbocycles. The number of fused-ring (bicyclic) bond motifs is 6. The lowest BCUT2D eigenvalue weighted by Gasteiger charge is -2.28. The van der Waals surface area contributed by atoms with E-state index in [2.05, 4.69) is 142 Å². The van der Waals surface area contributed by atoms with Crippen LogP contribution in [0.4, 0.5) is 0 Å². The standard InChI is InChI=1S/C44H40B6N2O2/c1-4-29-51-26-14-8-10-16-28(26)52(29)27-15-9-6-12-23(27)31-34-32(36(45)40(49)41(50)37(34)46)30(33-35(31)39(48)43(54)42(53)38(33)47)20-17-18-22-21-11-5-7-13-24(21)44(2,3)25(22)19-20/h5-19,53-54H,4,45-50H2,1-3H3. The lowest BCUT2D eigenvalue weighted by Crippen LogP contribution is -2.48. The quantitative estimate of drug-likeness (QED) is 0.161. The average molecular weight is 694 g/mol. The number of hydrogen-bond acceptors (Lipinski definition) is 3. The predicted octanol–water partition coefficient (Wildman–Crippen LogP) is 0.496. The van der Waals surface area contributed by atoms with Gasteiger partial charge in [0.1, 0.15) is 52.9 Å². The number of aryl methyl sites for hydroxylation is 1. The summed E-state index contributed by atoms with van der Waals surface area (Å²) < 4.78 is 2.31. The van der Waals surface area contributed by atoms with Gasteiger partial charge in [-0.1, -0.05) is 98.4 Å². The van der Waals surface area contributed by atoms with Crippen molar-refractivity contribution in [1.29, 1.82) is 0 Å². The SMILES string of the molecule is Bc1c(B)c(B)c2c(-c3ccccc3-n3c(CC)nc4ccccc43)c3c(B)c(O)c(O)c(B)c3c(-c3ccc4c(c3)C(C)(C)c3ccccc3-4)c2c1B. The number of hydrogen-bond donors (Lipinski definition) is 2. The van der Waals surface area contributed by atoms with Gasteiger partial charge in [0.25, 0.3) is 0 Å². The molecule has 1 aromatic heterocycles. The van der Waals surface area contributed by atoms with Crippen LogP contribution >= 0.6 is 0 Å². The van der Waals surface area contributed by atoms with Gasteiger partial charge in [-0.2, -0.15) is 0 Å². The molecule has 0 fully saturated rings. The van der Waals surface area contributed by atoms with Crippen molar-refractivity contribution in [3.05, 3.63) is 108 Å². The lowest BCUT2D eigenvalue weighted by atomic mass is 9.61. The van der Waals surface area contributed by atoms with E-state index >= 15 is 0 Å². The van der Waals surface area contributed by atoms with Gasteiger partial charge in [-0.25, -0.2) is 4.98 Å². The first-order valence-corrected chi connectivity index (χ1v) is 19.1. The van der Waals surface area contributed by atoms with Crippen LogP contribution < -0.4 is 32.8 Å². The van der Waals surface area contributed by atoms with E-state index in [1.165, 1.54) is 54.9 Å². The normalized spacial score (nSPS) is 13.2. The Balaban J connectivity index is 1.51. The van der Waals surface area contributed by atoms with E-state index in [0.717, 1.165) is 62.0 Å². The number of benzene rings is 7. The second kappa shape index (κ2) is 12.0. The molecule has 256 valence electrons. The molecule has 0 bridgehead atoms. The molecule has 4 nitrogen and oxygen atoms in total. The Morgan fingerprint density at radius 1 is 0.574 bits per heavy atom. The zero-order chi connectivity index (χ0) is 38.0. The molecule has 1 heterocycles. The molecule has 0 radical (unpaired) electrons. The predicted molar refractivity (Wildman–Crippen MR) is 246 cm³/mol. The minimum atomic E-state index is -0.181. The summed E-state index contributed by atoms with van der Waals surface area (Å²) in [5.74, 6) is 0.847. The summed E-state index contributed by atoms with van der Waals surface area (Å²) in [5, 5.41) is 27.7. The molecule has 9 rings (SSSR count). The fourth-order valence-electron chi connectivity index (χ4n) is 9.66. The van der Waals surface area contributed by atoms with E-state index in [1.807, 2.05) is 21.8 Å². The highest BCUT2D eigenvalue weighted by Gasteiger charge is 2.36. The third kappa shape index (κ3) is 4.49. The van der Waals surface area contributed by atoms with Gasteiger partial charge in [-0.05, 0) is 95.7 Å². The summed E-state index contributed by atoms with van der Waals surface area (Å²) in [7, 11) is 12.9. The molecule has 54 heavy (non-hydrogen) atoms. The van der Waals surface area contributed by atoms with Crippen molar-refractivity contribution in [3.63, 3.8) is 0 Å². The van der Waals surface area contributed by atoms with Crippen molar-refractivity contribution in [3.8, 4) is 50.6 Å². The van der Waals surface area contributed by atoms with Crippen LogP contribution in [0.2, 0.25) is 0 Å². The van der Waals surface area contributed by atoms with E-state index in [9.17, 15) is 10.2 Å². The van der Waals surface area contributed by atoms with Gasteiger partial charge >= 0.3 is 0 Å².